The Kier molecular flexibility index (Phi) is 3.32. The third-order valence-electron chi connectivity index (χ3n) is 3.24. The van der Waals surface area contributed by atoms with E-state index in [0.29, 0.717) is 5.92 Å². The van der Waals surface area contributed by atoms with E-state index in [0.717, 1.165) is 26.7 Å². The molecule has 0 spiro atoms. The lowest BCUT2D eigenvalue weighted by Gasteiger charge is -2.07. The summed E-state index contributed by atoms with van der Waals surface area (Å²) in [6, 6.07) is 14.3. The number of nitrogen functional groups attached to an aromatic ring is 1. The van der Waals surface area contributed by atoms with Crippen molar-refractivity contribution in [1.29, 1.82) is 0 Å². The minimum absolute atomic E-state index is 0.550. The van der Waals surface area contributed by atoms with Crippen LogP contribution in [0.1, 0.15) is 25.3 Å². The summed E-state index contributed by atoms with van der Waals surface area (Å²) in [5.41, 5.74) is 9.94. The van der Waals surface area contributed by atoms with Crippen molar-refractivity contribution in [3.63, 3.8) is 0 Å². The average molecular weight is 283 g/mol. The number of aromatic nitrogens is 1. The van der Waals surface area contributed by atoms with Crippen LogP contribution < -0.4 is 11.1 Å². The summed E-state index contributed by atoms with van der Waals surface area (Å²) in [5, 5.41) is 4.24. The van der Waals surface area contributed by atoms with E-state index < -0.39 is 0 Å². The zero-order valence-electron chi connectivity index (χ0n) is 11.6. The van der Waals surface area contributed by atoms with Gasteiger partial charge in [0.05, 0.1) is 10.2 Å². The quantitative estimate of drug-likeness (QED) is 0.682. The fraction of sp³-hybridized carbons (Fsp3) is 0.188. The number of hydrogen-bond donors (Lipinski definition) is 2. The second-order valence-electron chi connectivity index (χ2n) is 5.15. The summed E-state index contributed by atoms with van der Waals surface area (Å²) in [6.07, 6.45) is 0. The molecule has 3 nitrogen and oxygen atoms in total. The lowest BCUT2D eigenvalue weighted by molar-refractivity contribution is 0.867. The van der Waals surface area contributed by atoms with Gasteiger partial charge in [-0.1, -0.05) is 37.3 Å². The Labute approximate surface area is 122 Å². The van der Waals surface area contributed by atoms with Crippen molar-refractivity contribution in [3.8, 4) is 0 Å². The van der Waals surface area contributed by atoms with Gasteiger partial charge in [-0.2, -0.15) is 0 Å². The van der Waals surface area contributed by atoms with E-state index in [1.165, 1.54) is 5.56 Å². The lowest BCUT2D eigenvalue weighted by Crippen LogP contribution is -1.91. The predicted molar refractivity (Wildman–Crippen MR) is 87.8 cm³/mol. The summed E-state index contributed by atoms with van der Waals surface area (Å²) in [6.45, 7) is 4.39. The summed E-state index contributed by atoms with van der Waals surface area (Å²) in [5.74, 6) is 0.550. The molecule has 0 bridgehead atoms. The molecule has 3 aromatic rings. The van der Waals surface area contributed by atoms with Crippen molar-refractivity contribution in [2.24, 2.45) is 0 Å². The molecule has 1 heterocycles. The van der Waals surface area contributed by atoms with Crippen molar-refractivity contribution in [2.45, 2.75) is 19.8 Å². The van der Waals surface area contributed by atoms with Crippen molar-refractivity contribution >= 4 is 38.1 Å². The van der Waals surface area contributed by atoms with E-state index in [2.05, 4.69) is 48.4 Å². The number of rotatable bonds is 3. The Balaban J connectivity index is 1.85. The molecule has 0 aliphatic carbocycles. The van der Waals surface area contributed by atoms with Gasteiger partial charge in [0, 0.05) is 11.4 Å². The molecule has 0 unspecified atom stereocenters. The first-order valence-corrected chi connectivity index (χ1v) is 7.46. The normalized spacial score (nSPS) is 11.2. The molecule has 0 fully saturated rings. The van der Waals surface area contributed by atoms with Crippen LogP contribution in [-0.4, -0.2) is 4.98 Å². The zero-order chi connectivity index (χ0) is 14.1. The summed E-state index contributed by atoms with van der Waals surface area (Å²) in [4.78, 5) is 4.56. The van der Waals surface area contributed by atoms with Crippen LogP contribution in [0.5, 0.6) is 0 Å². The van der Waals surface area contributed by atoms with Gasteiger partial charge < -0.3 is 11.1 Å². The zero-order valence-corrected chi connectivity index (χ0v) is 12.4. The predicted octanol–water partition coefficient (Wildman–Crippen LogP) is 4.75. The fourth-order valence-electron chi connectivity index (χ4n) is 2.07. The van der Waals surface area contributed by atoms with Gasteiger partial charge >= 0.3 is 0 Å². The van der Waals surface area contributed by atoms with E-state index in [1.54, 1.807) is 11.3 Å². The van der Waals surface area contributed by atoms with Gasteiger partial charge in [0.25, 0.3) is 0 Å². The molecule has 0 amide bonds. The first-order valence-electron chi connectivity index (χ1n) is 6.65. The maximum atomic E-state index is 5.79. The van der Waals surface area contributed by atoms with Gasteiger partial charge in [-0.25, -0.2) is 4.98 Å². The van der Waals surface area contributed by atoms with Crippen LogP contribution in [0.3, 0.4) is 0 Å². The van der Waals surface area contributed by atoms with E-state index >= 15 is 0 Å². The lowest BCUT2D eigenvalue weighted by atomic mass is 10.0. The Hall–Kier alpha value is -2.07. The monoisotopic (exact) mass is 283 g/mol. The molecule has 0 aliphatic heterocycles. The standard InChI is InChI=1S/C16H17N3S/c1-10(2)11-3-6-13(7-4-11)18-16-19-14-8-5-12(17)9-15(14)20-16/h3-10H,17H2,1-2H3,(H,18,19). The minimum atomic E-state index is 0.550. The molecule has 0 saturated carbocycles. The minimum Gasteiger partial charge on any atom is -0.399 e. The number of thiazole rings is 1. The molecule has 20 heavy (non-hydrogen) atoms. The van der Waals surface area contributed by atoms with Gasteiger partial charge in [0.15, 0.2) is 5.13 Å². The maximum absolute atomic E-state index is 5.79. The molecule has 0 atom stereocenters. The Morgan fingerprint density at radius 2 is 1.85 bits per heavy atom. The van der Waals surface area contributed by atoms with Crippen LogP contribution in [0.2, 0.25) is 0 Å². The molecule has 1 aromatic heterocycles. The molecule has 3 rings (SSSR count). The van der Waals surface area contributed by atoms with Crippen LogP contribution in [0.25, 0.3) is 10.2 Å². The SMILES string of the molecule is CC(C)c1ccc(Nc2nc3ccc(N)cc3s2)cc1. The molecule has 0 aliphatic rings. The molecule has 0 radical (unpaired) electrons. The maximum Gasteiger partial charge on any atom is 0.188 e. The van der Waals surface area contributed by atoms with Gasteiger partial charge in [-0.05, 0) is 41.8 Å². The molecule has 2 aromatic carbocycles. The van der Waals surface area contributed by atoms with Gasteiger partial charge in [0.1, 0.15) is 0 Å². The third-order valence-corrected chi connectivity index (χ3v) is 4.17. The highest BCUT2D eigenvalue weighted by molar-refractivity contribution is 7.22. The highest BCUT2D eigenvalue weighted by Crippen LogP contribution is 2.30. The van der Waals surface area contributed by atoms with Crippen LogP contribution in [0.15, 0.2) is 42.5 Å². The van der Waals surface area contributed by atoms with E-state index in [-0.39, 0.29) is 0 Å². The van der Waals surface area contributed by atoms with E-state index in [9.17, 15) is 0 Å². The number of hydrogen-bond acceptors (Lipinski definition) is 4. The van der Waals surface area contributed by atoms with Crippen molar-refractivity contribution in [3.05, 3.63) is 48.0 Å². The number of fused-ring (bicyclic) bond motifs is 1. The number of nitrogens with zero attached hydrogens (tertiary/aromatic N) is 1. The van der Waals surface area contributed by atoms with Crippen LogP contribution in [0.4, 0.5) is 16.5 Å². The largest absolute Gasteiger partial charge is 0.399 e. The van der Waals surface area contributed by atoms with Crippen molar-refractivity contribution in [1.82, 2.24) is 4.98 Å². The fourth-order valence-corrected chi connectivity index (χ4v) is 3.00. The third kappa shape index (κ3) is 2.60. The van der Waals surface area contributed by atoms with Crippen LogP contribution in [-0.2, 0) is 0 Å². The van der Waals surface area contributed by atoms with Gasteiger partial charge in [-0.15, -0.1) is 0 Å². The van der Waals surface area contributed by atoms with Gasteiger partial charge in [-0.3, -0.25) is 0 Å². The topological polar surface area (TPSA) is 50.9 Å². The number of benzene rings is 2. The first-order chi connectivity index (χ1) is 9.61. The summed E-state index contributed by atoms with van der Waals surface area (Å²) >= 11 is 1.61. The van der Waals surface area contributed by atoms with Crippen molar-refractivity contribution in [2.75, 3.05) is 11.1 Å². The second kappa shape index (κ2) is 5.13. The second-order valence-corrected chi connectivity index (χ2v) is 6.18. The molecule has 0 saturated heterocycles. The summed E-state index contributed by atoms with van der Waals surface area (Å²) < 4.78 is 1.10. The summed E-state index contributed by atoms with van der Waals surface area (Å²) in [7, 11) is 0. The van der Waals surface area contributed by atoms with E-state index in [1.807, 2.05) is 18.2 Å². The number of anilines is 3. The van der Waals surface area contributed by atoms with Gasteiger partial charge in [0.2, 0.25) is 0 Å². The molecule has 102 valence electrons. The van der Waals surface area contributed by atoms with Crippen LogP contribution in [0, 0.1) is 0 Å². The van der Waals surface area contributed by atoms with E-state index in [4.69, 9.17) is 5.73 Å². The number of nitrogens with two attached hydrogens (primary N) is 1. The molecule has 3 N–H and O–H groups in total. The van der Waals surface area contributed by atoms with Crippen LogP contribution >= 0.6 is 11.3 Å². The molecular formula is C16H17N3S. The smallest absolute Gasteiger partial charge is 0.188 e. The number of nitrogens with one attached hydrogen (secondary N) is 1. The molecular weight excluding hydrogens is 266 g/mol. The highest BCUT2D eigenvalue weighted by Gasteiger charge is 2.05. The first kappa shape index (κ1) is 12.9. The highest BCUT2D eigenvalue weighted by atomic mass is 32.1. The molecule has 4 heteroatoms. The Morgan fingerprint density at radius 1 is 1.10 bits per heavy atom. The van der Waals surface area contributed by atoms with Crippen molar-refractivity contribution < 1.29 is 0 Å². The Bertz CT molecular complexity index is 729. The Morgan fingerprint density at radius 3 is 2.55 bits per heavy atom. The average Bonchev–Trinajstić information content (AvgIpc) is 2.80.